The number of primary sulfonamides is 1. The number of benzene rings is 1. The van der Waals surface area contributed by atoms with Crippen LogP contribution in [0.4, 0.5) is 0 Å². The van der Waals surface area contributed by atoms with Crippen LogP contribution in [0.25, 0.3) is 0 Å². The van der Waals surface area contributed by atoms with Gasteiger partial charge in [-0.25, -0.2) is 13.6 Å². The fourth-order valence-electron chi connectivity index (χ4n) is 2.36. The first-order valence-electron chi connectivity index (χ1n) is 6.58. The van der Waals surface area contributed by atoms with E-state index in [1.807, 2.05) is 0 Å². The van der Waals surface area contributed by atoms with Crippen molar-refractivity contribution in [3.8, 4) is 0 Å². The Bertz CT molecular complexity index is 762. The largest absolute Gasteiger partial charge is 0.502 e. The van der Waals surface area contributed by atoms with Crippen LogP contribution in [-0.4, -0.2) is 30.4 Å². The Kier molecular flexibility index (Phi) is 5.10. The molecule has 0 bridgehead atoms. The highest BCUT2D eigenvalue weighted by atomic mass is 79.9. The summed E-state index contributed by atoms with van der Waals surface area (Å²) in [4.78, 5) is 12.4. The minimum atomic E-state index is -3.81. The van der Waals surface area contributed by atoms with E-state index in [2.05, 4.69) is 15.9 Å². The molecule has 0 saturated heterocycles. The highest BCUT2D eigenvalue weighted by molar-refractivity contribution is 9.09. The van der Waals surface area contributed by atoms with Crippen LogP contribution in [0.1, 0.15) is 12.5 Å². The third kappa shape index (κ3) is 3.71. The fourth-order valence-corrected chi connectivity index (χ4v) is 4.14. The van der Waals surface area contributed by atoms with Gasteiger partial charge in [-0.15, -0.1) is 0 Å². The molecule has 2 atom stereocenters. The average molecular weight is 425 g/mol. The Balaban J connectivity index is 2.38. The van der Waals surface area contributed by atoms with Crippen LogP contribution in [-0.2, 0) is 25.2 Å². The first-order chi connectivity index (χ1) is 10.6. The van der Waals surface area contributed by atoms with Crippen molar-refractivity contribution in [2.75, 3.05) is 11.1 Å². The standard InChI is InChI=1S/C14H15BrClNO5S/c1-14(9-2-4-10(16)5-3-9)13(19)11(18)12(22-14)8(6-15)7-23(17,20)21/h2-5,8,18H,6-7H2,1H3,(H2,17,20,21). The molecule has 2 unspecified atom stereocenters. The van der Waals surface area contributed by atoms with Gasteiger partial charge in [-0.3, -0.25) is 4.79 Å². The van der Waals surface area contributed by atoms with E-state index in [1.165, 1.54) is 6.92 Å². The van der Waals surface area contributed by atoms with Gasteiger partial charge in [0.2, 0.25) is 21.6 Å². The van der Waals surface area contributed by atoms with Crippen LogP contribution in [0.5, 0.6) is 0 Å². The molecule has 2 rings (SSSR count). The van der Waals surface area contributed by atoms with Crippen molar-refractivity contribution < 1.29 is 23.1 Å². The fraction of sp³-hybridized carbons (Fsp3) is 0.357. The average Bonchev–Trinajstić information content (AvgIpc) is 2.70. The van der Waals surface area contributed by atoms with Crippen molar-refractivity contribution in [1.29, 1.82) is 0 Å². The number of rotatable bonds is 5. The number of aliphatic hydroxyl groups excluding tert-OH is 1. The van der Waals surface area contributed by atoms with Crippen LogP contribution in [0.15, 0.2) is 35.8 Å². The third-order valence-electron chi connectivity index (χ3n) is 3.58. The molecule has 0 fully saturated rings. The molecule has 3 N–H and O–H groups in total. The van der Waals surface area contributed by atoms with Crippen molar-refractivity contribution in [2.45, 2.75) is 12.5 Å². The van der Waals surface area contributed by atoms with E-state index in [1.54, 1.807) is 24.3 Å². The van der Waals surface area contributed by atoms with Crippen LogP contribution in [0.2, 0.25) is 5.02 Å². The molecule has 0 radical (unpaired) electrons. The summed E-state index contributed by atoms with van der Waals surface area (Å²) in [5.41, 5.74) is -0.944. The molecular formula is C14H15BrClNO5S. The molecule has 1 aliphatic rings. The number of Topliss-reactive ketones (excluding diaryl/α,β-unsaturated/α-hetero) is 1. The molecule has 6 nitrogen and oxygen atoms in total. The van der Waals surface area contributed by atoms with Crippen molar-refractivity contribution in [3.05, 3.63) is 46.4 Å². The Morgan fingerprint density at radius 2 is 1.96 bits per heavy atom. The van der Waals surface area contributed by atoms with E-state index in [-0.39, 0.29) is 11.1 Å². The van der Waals surface area contributed by atoms with Gasteiger partial charge in [-0.1, -0.05) is 39.7 Å². The van der Waals surface area contributed by atoms with E-state index in [0.717, 1.165) is 0 Å². The zero-order chi connectivity index (χ0) is 17.4. The molecule has 0 spiro atoms. The molecule has 0 aliphatic carbocycles. The molecule has 0 amide bonds. The number of halogens is 2. The number of hydrogen-bond acceptors (Lipinski definition) is 5. The minimum absolute atomic E-state index is 0.0849. The van der Waals surface area contributed by atoms with Gasteiger partial charge in [0.15, 0.2) is 5.60 Å². The van der Waals surface area contributed by atoms with Gasteiger partial charge in [0.05, 0.1) is 5.75 Å². The molecule has 1 aromatic carbocycles. The summed E-state index contributed by atoms with van der Waals surface area (Å²) in [6.45, 7) is 1.50. The van der Waals surface area contributed by atoms with Crippen LogP contribution < -0.4 is 5.14 Å². The number of aliphatic hydroxyl groups is 1. The zero-order valence-electron chi connectivity index (χ0n) is 12.1. The number of nitrogens with two attached hydrogens (primary N) is 1. The molecule has 0 saturated carbocycles. The van der Waals surface area contributed by atoms with Crippen LogP contribution in [0.3, 0.4) is 0 Å². The van der Waals surface area contributed by atoms with E-state index in [0.29, 0.717) is 10.6 Å². The van der Waals surface area contributed by atoms with Gasteiger partial charge in [-0.2, -0.15) is 0 Å². The summed E-state index contributed by atoms with van der Waals surface area (Å²) in [6, 6.07) is 6.42. The smallest absolute Gasteiger partial charge is 0.248 e. The minimum Gasteiger partial charge on any atom is -0.502 e. The molecular weight excluding hydrogens is 410 g/mol. The van der Waals surface area contributed by atoms with Gasteiger partial charge in [0.25, 0.3) is 0 Å². The summed E-state index contributed by atoms with van der Waals surface area (Å²) in [5.74, 6) is -2.55. The summed E-state index contributed by atoms with van der Waals surface area (Å²) < 4.78 is 28.3. The Morgan fingerprint density at radius 1 is 1.39 bits per heavy atom. The van der Waals surface area contributed by atoms with E-state index >= 15 is 0 Å². The normalized spacial score (nSPS) is 23.0. The predicted molar refractivity (Wildman–Crippen MR) is 89.8 cm³/mol. The first kappa shape index (κ1) is 18.3. The number of ketones is 1. The summed E-state index contributed by atoms with van der Waals surface area (Å²) in [7, 11) is -3.81. The van der Waals surface area contributed by atoms with Crippen LogP contribution in [0, 0.1) is 5.92 Å². The highest BCUT2D eigenvalue weighted by Crippen LogP contribution is 2.41. The quantitative estimate of drug-likeness (QED) is 0.705. The zero-order valence-corrected chi connectivity index (χ0v) is 15.3. The van der Waals surface area contributed by atoms with Crippen molar-refractivity contribution in [3.63, 3.8) is 0 Å². The SMILES string of the molecule is CC1(c2ccc(Cl)cc2)OC(C(CBr)CS(N)(=O)=O)=C(O)C1=O. The predicted octanol–water partition coefficient (Wildman–Crippen LogP) is 2.22. The lowest BCUT2D eigenvalue weighted by molar-refractivity contribution is -0.131. The number of ether oxygens (including phenoxy) is 1. The summed E-state index contributed by atoms with van der Waals surface area (Å²) >= 11 is 8.99. The molecule has 1 aromatic rings. The van der Waals surface area contributed by atoms with Crippen LogP contribution >= 0.6 is 27.5 Å². The van der Waals surface area contributed by atoms with Crippen molar-refractivity contribution in [1.82, 2.24) is 0 Å². The molecule has 126 valence electrons. The molecule has 1 aliphatic heterocycles. The number of allylic oxidation sites excluding steroid dienone is 1. The monoisotopic (exact) mass is 423 g/mol. The lowest BCUT2D eigenvalue weighted by atomic mass is 9.91. The van der Waals surface area contributed by atoms with Gasteiger partial charge >= 0.3 is 0 Å². The summed E-state index contributed by atoms with van der Waals surface area (Å²) in [6.07, 6.45) is 0. The first-order valence-corrected chi connectivity index (χ1v) is 9.79. The van der Waals surface area contributed by atoms with Gasteiger partial charge in [0, 0.05) is 21.8 Å². The number of hydrogen-bond donors (Lipinski definition) is 2. The third-order valence-corrected chi connectivity index (χ3v) is 5.48. The Hall–Kier alpha value is -1.09. The maximum Gasteiger partial charge on any atom is 0.248 e. The Morgan fingerprint density at radius 3 is 2.43 bits per heavy atom. The maximum atomic E-state index is 12.4. The second-order valence-electron chi connectivity index (χ2n) is 5.36. The molecule has 23 heavy (non-hydrogen) atoms. The molecule has 1 heterocycles. The lowest BCUT2D eigenvalue weighted by Gasteiger charge is -2.25. The lowest BCUT2D eigenvalue weighted by Crippen LogP contribution is -2.32. The van der Waals surface area contributed by atoms with E-state index < -0.39 is 38.8 Å². The molecule has 9 heteroatoms. The maximum absolute atomic E-state index is 12.4. The van der Waals surface area contributed by atoms with Crippen molar-refractivity contribution >= 4 is 43.3 Å². The van der Waals surface area contributed by atoms with Gasteiger partial charge < -0.3 is 9.84 Å². The second kappa shape index (κ2) is 6.43. The Labute approximate surface area is 147 Å². The number of carbonyl (C=O) groups excluding carboxylic acids is 1. The number of carbonyl (C=O) groups is 1. The second-order valence-corrected chi connectivity index (χ2v) is 8.11. The molecule has 0 aromatic heterocycles. The van der Waals surface area contributed by atoms with E-state index in [4.69, 9.17) is 21.5 Å². The number of sulfonamides is 1. The van der Waals surface area contributed by atoms with Gasteiger partial charge in [0.1, 0.15) is 5.76 Å². The van der Waals surface area contributed by atoms with E-state index in [9.17, 15) is 18.3 Å². The van der Waals surface area contributed by atoms with Gasteiger partial charge in [-0.05, 0) is 19.1 Å². The topological polar surface area (TPSA) is 107 Å². The summed E-state index contributed by atoms with van der Waals surface area (Å²) in [5, 5.41) is 15.8. The van der Waals surface area contributed by atoms with Crippen molar-refractivity contribution in [2.24, 2.45) is 11.1 Å². The number of alkyl halides is 1. The highest BCUT2D eigenvalue weighted by Gasteiger charge is 2.49.